The summed E-state index contributed by atoms with van der Waals surface area (Å²) in [7, 11) is 1.55. The van der Waals surface area contributed by atoms with E-state index >= 15 is 0 Å². The van der Waals surface area contributed by atoms with Crippen LogP contribution in [0.5, 0.6) is 11.6 Å². The van der Waals surface area contributed by atoms with Crippen LogP contribution in [0.3, 0.4) is 0 Å². The fourth-order valence-electron chi connectivity index (χ4n) is 1.60. The molecular weight excluding hydrogens is 336 g/mol. The van der Waals surface area contributed by atoms with E-state index in [1.54, 1.807) is 31.5 Å². The maximum Gasteiger partial charge on any atom is 0.258 e. The van der Waals surface area contributed by atoms with Gasteiger partial charge in [0, 0.05) is 23.3 Å². The molecule has 0 aliphatic carbocycles. The van der Waals surface area contributed by atoms with E-state index in [-0.39, 0.29) is 12.5 Å². The van der Waals surface area contributed by atoms with Gasteiger partial charge in [-0.3, -0.25) is 4.79 Å². The predicted molar refractivity (Wildman–Crippen MR) is 82.3 cm³/mol. The van der Waals surface area contributed by atoms with E-state index in [2.05, 4.69) is 26.2 Å². The molecular formula is C15H15BrN2O3. The molecule has 6 heteroatoms. The normalized spacial score (nSPS) is 10.0. The fourth-order valence-corrected chi connectivity index (χ4v) is 1.87. The maximum absolute atomic E-state index is 11.7. The Labute approximate surface area is 131 Å². The molecule has 1 aromatic carbocycles. The van der Waals surface area contributed by atoms with Crippen molar-refractivity contribution in [2.24, 2.45) is 0 Å². The molecule has 2 rings (SSSR count). The summed E-state index contributed by atoms with van der Waals surface area (Å²) in [5, 5.41) is 2.78. The predicted octanol–water partition coefficient (Wildman–Crippen LogP) is 2.55. The number of nitrogens with one attached hydrogen (secondary N) is 1. The van der Waals surface area contributed by atoms with Crippen LogP contribution < -0.4 is 14.8 Å². The molecule has 1 heterocycles. The van der Waals surface area contributed by atoms with Crippen LogP contribution in [0.4, 0.5) is 0 Å². The number of ether oxygens (including phenoxy) is 2. The van der Waals surface area contributed by atoms with Crippen LogP contribution in [0.2, 0.25) is 0 Å². The standard InChI is InChI=1S/C15H15BrN2O3/c1-20-15-8-11(6-7-17-15)9-18-14(19)10-21-13-4-2-12(16)3-5-13/h2-8H,9-10H2,1H3,(H,18,19). The van der Waals surface area contributed by atoms with E-state index in [4.69, 9.17) is 9.47 Å². The molecule has 110 valence electrons. The first-order valence-electron chi connectivity index (χ1n) is 6.31. The van der Waals surface area contributed by atoms with Crippen molar-refractivity contribution in [3.63, 3.8) is 0 Å². The Morgan fingerprint density at radius 3 is 2.76 bits per heavy atom. The van der Waals surface area contributed by atoms with Crippen LogP contribution in [0, 0.1) is 0 Å². The number of carbonyl (C=O) groups is 1. The Morgan fingerprint density at radius 2 is 2.05 bits per heavy atom. The summed E-state index contributed by atoms with van der Waals surface area (Å²) < 4.78 is 11.4. The van der Waals surface area contributed by atoms with Gasteiger partial charge in [-0.2, -0.15) is 0 Å². The van der Waals surface area contributed by atoms with Crippen LogP contribution in [0.15, 0.2) is 47.1 Å². The highest BCUT2D eigenvalue weighted by molar-refractivity contribution is 9.10. The minimum Gasteiger partial charge on any atom is -0.484 e. The number of nitrogens with zero attached hydrogens (tertiary/aromatic N) is 1. The summed E-state index contributed by atoms with van der Waals surface area (Å²) in [5.41, 5.74) is 0.916. The second-order valence-corrected chi connectivity index (χ2v) is 5.14. The van der Waals surface area contributed by atoms with E-state index in [1.807, 2.05) is 18.2 Å². The number of benzene rings is 1. The van der Waals surface area contributed by atoms with Gasteiger partial charge in [-0.15, -0.1) is 0 Å². The highest BCUT2D eigenvalue weighted by Gasteiger charge is 2.04. The average Bonchev–Trinajstić information content (AvgIpc) is 2.52. The van der Waals surface area contributed by atoms with Gasteiger partial charge in [-0.05, 0) is 35.9 Å². The van der Waals surface area contributed by atoms with Gasteiger partial charge in [0.25, 0.3) is 5.91 Å². The summed E-state index contributed by atoms with van der Waals surface area (Å²) in [6.07, 6.45) is 1.64. The van der Waals surface area contributed by atoms with Gasteiger partial charge in [0.1, 0.15) is 5.75 Å². The number of aromatic nitrogens is 1. The van der Waals surface area contributed by atoms with Crippen molar-refractivity contribution in [2.45, 2.75) is 6.54 Å². The van der Waals surface area contributed by atoms with Crippen molar-refractivity contribution in [1.29, 1.82) is 0 Å². The first-order chi connectivity index (χ1) is 10.2. The van der Waals surface area contributed by atoms with E-state index in [0.29, 0.717) is 18.2 Å². The molecule has 1 N–H and O–H groups in total. The zero-order chi connectivity index (χ0) is 15.1. The Morgan fingerprint density at radius 1 is 1.29 bits per heavy atom. The Hall–Kier alpha value is -2.08. The molecule has 0 atom stereocenters. The van der Waals surface area contributed by atoms with Gasteiger partial charge in [-0.25, -0.2) is 4.98 Å². The summed E-state index contributed by atoms with van der Waals surface area (Å²) in [4.78, 5) is 15.7. The lowest BCUT2D eigenvalue weighted by atomic mass is 10.2. The monoisotopic (exact) mass is 350 g/mol. The number of hydrogen-bond donors (Lipinski definition) is 1. The Bertz CT molecular complexity index is 602. The molecule has 1 amide bonds. The van der Waals surface area contributed by atoms with E-state index < -0.39 is 0 Å². The van der Waals surface area contributed by atoms with Gasteiger partial charge in [0.05, 0.1) is 7.11 Å². The second-order valence-electron chi connectivity index (χ2n) is 4.23. The minimum absolute atomic E-state index is 0.0240. The maximum atomic E-state index is 11.7. The SMILES string of the molecule is COc1cc(CNC(=O)COc2ccc(Br)cc2)ccn1. The third-order valence-corrected chi connectivity index (χ3v) is 3.21. The summed E-state index contributed by atoms with van der Waals surface area (Å²) in [5.74, 6) is 0.987. The topological polar surface area (TPSA) is 60.5 Å². The zero-order valence-electron chi connectivity index (χ0n) is 11.5. The number of rotatable bonds is 6. The molecule has 0 fully saturated rings. The largest absolute Gasteiger partial charge is 0.484 e. The molecule has 0 unspecified atom stereocenters. The molecule has 5 nitrogen and oxygen atoms in total. The quantitative estimate of drug-likeness (QED) is 0.869. The molecule has 1 aromatic heterocycles. The van der Waals surface area contributed by atoms with E-state index in [0.717, 1.165) is 10.0 Å². The van der Waals surface area contributed by atoms with E-state index in [9.17, 15) is 4.79 Å². The van der Waals surface area contributed by atoms with Gasteiger partial charge >= 0.3 is 0 Å². The average molecular weight is 351 g/mol. The lowest BCUT2D eigenvalue weighted by molar-refractivity contribution is -0.123. The van der Waals surface area contributed by atoms with Crippen molar-refractivity contribution < 1.29 is 14.3 Å². The van der Waals surface area contributed by atoms with E-state index in [1.165, 1.54) is 0 Å². The third kappa shape index (κ3) is 5.07. The lowest BCUT2D eigenvalue weighted by Gasteiger charge is -2.08. The van der Waals surface area contributed by atoms with Gasteiger partial charge in [0.15, 0.2) is 6.61 Å². The summed E-state index contributed by atoms with van der Waals surface area (Å²) in [6.45, 7) is 0.380. The number of carbonyl (C=O) groups excluding carboxylic acids is 1. The van der Waals surface area contributed by atoms with Gasteiger partial charge in [-0.1, -0.05) is 15.9 Å². The summed E-state index contributed by atoms with van der Waals surface area (Å²) >= 11 is 3.34. The zero-order valence-corrected chi connectivity index (χ0v) is 13.1. The number of pyridine rings is 1. The van der Waals surface area contributed by atoms with Crippen molar-refractivity contribution in [1.82, 2.24) is 10.3 Å². The number of halogens is 1. The smallest absolute Gasteiger partial charge is 0.258 e. The highest BCUT2D eigenvalue weighted by atomic mass is 79.9. The first kappa shape index (κ1) is 15.3. The van der Waals surface area contributed by atoms with Crippen molar-refractivity contribution in [3.05, 3.63) is 52.6 Å². The van der Waals surface area contributed by atoms with Crippen molar-refractivity contribution in [2.75, 3.05) is 13.7 Å². The molecule has 0 aliphatic rings. The molecule has 0 saturated heterocycles. The first-order valence-corrected chi connectivity index (χ1v) is 7.10. The van der Waals surface area contributed by atoms with Crippen molar-refractivity contribution in [3.8, 4) is 11.6 Å². The minimum atomic E-state index is -0.186. The molecule has 0 radical (unpaired) electrons. The molecule has 0 aliphatic heterocycles. The second kappa shape index (κ2) is 7.64. The number of hydrogen-bond acceptors (Lipinski definition) is 4. The van der Waals surface area contributed by atoms with Gasteiger partial charge < -0.3 is 14.8 Å². The lowest BCUT2D eigenvalue weighted by Crippen LogP contribution is -2.28. The van der Waals surface area contributed by atoms with Crippen LogP contribution in [0.25, 0.3) is 0 Å². The summed E-state index contributed by atoms with van der Waals surface area (Å²) in [6, 6.07) is 10.9. The molecule has 0 bridgehead atoms. The van der Waals surface area contributed by atoms with Crippen LogP contribution in [0.1, 0.15) is 5.56 Å². The molecule has 2 aromatic rings. The van der Waals surface area contributed by atoms with Crippen molar-refractivity contribution >= 4 is 21.8 Å². The molecule has 0 spiro atoms. The fraction of sp³-hybridized carbons (Fsp3) is 0.200. The van der Waals surface area contributed by atoms with Gasteiger partial charge in [0.2, 0.25) is 5.88 Å². The Balaban J connectivity index is 1.78. The third-order valence-electron chi connectivity index (χ3n) is 2.68. The molecule has 0 saturated carbocycles. The highest BCUT2D eigenvalue weighted by Crippen LogP contribution is 2.15. The Kier molecular flexibility index (Phi) is 5.57. The number of methoxy groups -OCH3 is 1. The van der Waals surface area contributed by atoms with Crippen LogP contribution >= 0.6 is 15.9 Å². The van der Waals surface area contributed by atoms with Crippen LogP contribution in [-0.4, -0.2) is 24.6 Å². The molecule has 21 heavy (non-hydrogen) atoms. The number of amides is 1. The van der Waals surface area contributed by atoms with Crippen LogP contribution in [-0.2, 0) is 11.3 Å².